The molecule has 2 aromatic heterocycles. The van der Waals surface area contributed by atoms with Crippen molar-refractivity contribution >= 4 is 23.0 Å². The second kappa shape index (κ2) is 14.0. The zero-order valence-electron chi connectivity index (χ0n) is 22.9. The number of carbonyl (C=O) groups excluding carboxylic acids is 1. The van der Waals surface area contributed by atoms with Crippen LogP contribution in [0.1, 0.15) is 31.7 Å². The summed E-state index contributed by atoms with van der Waals surface area (Å²) in [6, 6.07) is 11.5. The number of amides is 2. The molecule has 0 spiro atoms. The molecular weight excluding hydrogens is 751 g/mol. The van der Waals surface area contributed by atoms with Crippen molar-refractivity contribution in [3.8, 4) is 11.5 Å². The molecule has 2 aliphatic rings. The molecule has 2 fully saturated rings. The van der Waals surface area contributed by atoms with Crippen molar-refractivity contribution in [1.82, 2.24) is 19.4 Å². The quantitative estimate of drug-likeness (QED) is 0.237. The Morgan fingerprint density at radius 3 is 2.62 bits per heavy atom. The summed E-state index contributed by atoms with van der Waals surface area (Å²) in [5.41, 5.74) is 1.71. The van der Waals surface area contributed by atoms with Crippen LogP contribution in [-0.2, 0) is 27.4 Å². The van der Waals surface area contributed by atoms with Crippen LogP contribution in [0.25, 0.3) is 11.0 Å². The van der Waals surface area contributed by atoms with Crippen molar-refractivity contribution < 1.29 is 28.9 Å². The van der Waals surface area contributed by atoms with Gasteiger partial charge in [0.15, 0.2) is 6.10 Å². The SMILES string of the molecule is COCCCn1cc(CN(C(=O)C2CN(C(=O)O)CCO2)C2CC2)c2c(Oc3ccccc3)ccnc21.[CH2-]C.[Cf]. The number of carbonyl (C=O) groups is 2. The van der Waals surface area contributed by atoms with E-state index in [1.807, 2.05) is 47.5 Å². The Bertz CT molecular complexity index is 1250. The minimum Gasteiger partial charge on any atom is -0.465 e. The molecule has 3 heterocycles. The molecule has 1 aliphatic heterocycles. The van der Waals surface area contributed by atoms with Gasteiger partial charge in [0.2, 0.25) is 0 Å². The summed E-state index contributed by atoms with van der Waals surface area (Å²) in [5.74, 6) is 1.21. The molecule has 0 radical (unpaired) electrons. The molecule has 1 aliphatic carbocycles. The fourth-order valence-corrected chi connectivity index (χ4v) is 4.75. The topological polar surface area (TPSA) is 106 Å². The molecule has 40 heavy (non-hydrogen) atoms. The number of benzene rings is 1. The van der Waals surface area contributed by atoms with E-state index in [0.29, 0.717) is 31.2 Å². The van der Waals surface area contributed by atoms with E-state index in [1.54, 1.807) is 20.2 Å². The van der Waals surface area contributed by atoms with Crippen molar-refractivity contribution in [3.63, 3.8) is 0 Å². The van der Waals surface area contributed by atoms with Gasteiger partial charge >= 0.3 is 6.09 Å². The molecule has 1 saturated carbocycles. The van der Waals surface area contributed by atoms with Gasteiger partial charge in [-0.1, -0.05) is 18.2 Å². The van der Waals surface area contributed by atoms with Crippen molar-refractivity contribution in [3.05, 3.63) is 61.3 Å². The number of aryl methyl sites for hydroxylation is 1. The first-order valence-electron chi connectivity index (χ1n) is 13.3. The van der Waals surface area contributed by atoms with Gasteiger partial charge in [-0.25, -0.2) is 9.78 Å². The van der Waals surface area contributed by atoms with Gasteiger partial charge in [0.1, 0.15) is 17.1 Å². The average molecular weight is 789 g/mol. The zero-order valence-corrected chi connectivity index (χ0v) is 25.6. The van der Waals surface area contributed by atoms with E-state index in [1.165, 1.54) is 4.90 Å². The number of methoxy groups -OCH3 is 1. The van der Waals surface area contributed by atoms with Gasteiger partial charge in [-0.3, -0.25) is 4.79 Å². The average Bonchev–Trinajstić information content (AvgIpc) is 3.75. The molecular formula is C29H37CfN4O6-. The molecule has 11 heteroatoms. The fourth-order valence-electron chi connectivity index (χ4n) is 4.75. The smallest absolute Gasteiger partial charge is 0.407 e. The predicted molar refractivity (Wildman–Crippen MR) is 147 cm³/mol. The number of hydrogen-bond acceptors (Lipinski definition) is 6. The maximum absolute atomic E-state index is 13.6. The van der Waals surface area contributed by atoms with Crippen LogP contribution in [0.5, 0.6) is 11.5 Å². The second-order valence-electron chi connectivity index (χ2n) is 9.40. The summed E-state index contributed by atoms with van der Waals surface area (Å²) in [6.07, 6.45) is 4.58. The Morgan fingerprint density at radius 1 is 1.20 bits per heavy atom. The van der Waals surface area contributed by atoms with Crippen molar-refractivity contribution in [2.24, 2.45) is 0 Å². The predicted octanol–water partition coefficient (Wildman–Crippen LogP) is 4.58. The minimum absolute atomic E-state index is 0. The third kappa shape index (κ3) is 6.86. The summed E-state index contributed by atoms with van der Waals surface area (Å²) in [6.45, 7) is 7.22. The first-order chi connectivity index (χ1) is 19.0. The van der Waals surface area contributed by atoms with Gasteiger partial charge in [0.05, 0.1) is 18.5 Å². The summed E-state index contributed by atoms with van der Waals surface area (Å²) in [5, 5.41) is 10.3. The number of ether oxygens (including phenoxy) is 3. The normalized spacial score (nSPS) is 16.5. The van der Waals surface area contributed by atoms with Crippen molar-refractivity contribution in [1.29, 1.82) is 0 Å². The van der Waals surface area contributed by atoms with Crippen LogP contribution in [0.4, 0.5) is 4.79 Å². The number of morpholine rings is 1. The Hall–Kier alpha value is -4.63. The van der Waals surface area contributed by atoms with E-state index in [2.05, 4.69) is 16.5 Å². The maximum Gasteiger partial charge on any atom is 0.407 e. The van der Waals surface area contributed by atoms with Crippen LogP contribution in [0.3, 0.4) is 0 Å². The Morgan fingerprint density at radius 2 is 1.95 bits per heavy atom. The van der Waals surface area contributed by atoms with Crippen LogP contribution in [0.2, 0.25) is 0 Å². The number of aromatic nitrogens is 2. The Kier molecular flexibility index (Phi) is 10.4. The zero-order chi connectivity index (χ0) is 27.8. The standard InChI is InChI=1S/C27H32N4O6.C2H5.Cf/c1-35-14-5-12-29-16-19(24-22(10-11-28-25(24)29)37-21-6-3-2-4-7-21)17-31(20-8-9-20)26(32)23-18-30(27(33)34)13-15-36-23;1-2;/h2-4,6-7,10-11,16,20,23H,5,8-9,12-15,17-18H2,1H3,(H,33,34);1H2,2H3;/q;-1;. The molecule has 0 bridgehead atoms. The number of rotatable bonds is 10. The maximum atomic E-state index is 13.6. The number of carboxylic acid groups (broad SMARTS) is 1. The summed E-state index contributed by atoms with van der Waals surface area (Å²) in [7, 11) is 1.68. The Labute approximate surface area is 229 Å². The number of nitrogens with zero attached hydrogens (tertiary/aromatic N) is 4. The summed E-state index contributed by atoms with van der Waals surface area (Å²) >= 11 is 0. The van der Waals surface area contributed by atoms with Crippen molar-refractivity contribution in [2.75, 3.05) is 33.4 Å². The molecule has 1 unspecified atom stereocenters. The molecule has 1 N–H and O–H groups in total. The van der Waals surface area contributed by atoms with Crippen LogP contribution >= 0.6 is 0 Å². The van der Waals surface area contributed by atoms with E-state index in [9.17, 15) is 14.7 Å². The number of para-hydroxylation sites is 1. The first-order valence-corrected chi connectivity index (χ1v) is 13.3. The largest absolute Gasteiger partial charge is 0.465 e. The van der Waals surface area contributed by atoms with Crippen LogP contribution < -0.4 is 4.74 Å². The fraction of sp³-hybridized carbons (Fsp3) is 0.448. The molecule has 1 atom stereocenters. The molecule has 1 saturated heterocycles. The molecule has 3 aromatic rings. The van der Waals surface area contributed by atoms with E-state index in [0.717, 1.165) is 35.9 Å². The van der Waals surface area contributed by atoms with Gasteiger partial charge < -0.3 is 40.6 Å². The summed E-state index contributed by atoms with van der Waals surface area (Å²) < 4.78 is 19.3. The van der Waals surface area contributed by atoms with E-state index in [-0.39, 0.29) is 31.6 Å². The molecule has 10 nitrogen and oxygen atoms in total. The monoisotopic (exact) mass is 786 g/mol. The number of fused-ring (bicyclic) bond motifs is 1. The van der Waals surface area contributed by atoms with Crippen LogP contribution in [-0.4, -0.2) is 82.0 Å². The molecule has 5 rings (SSSR count). The first kappa shape index (κ1) is 29.9. The van der Waals surface area contributed by atoms with Crippen molar-refractivity contribution in [2.45, 2.75) is 51.4 Å². The van der Waals surface area contributed by atoms with Crippen LogP contribution in [0.15, 0.2) is 48.8 Å². The molecule has 1 aromatic carbocycles. The van der Waals surface area contributed by atoms with E-state index >= 15 is 0 Å². The van der Waals surface area contributed by atoms with E-state index < -0.39 is 12.2 Å². The van der Waals surface area contributed by atoms with Gasteiger partial charge in [0, 0.05) is 57.3 Å². The number of hydrogen-bond donors (Lipinski definition) is 1. The third-order valence-electron chi connectivity index (χ3n) is 6.74. The Balaban J connectivity index is 0.00000144. The number of pyridine rings is 1. The van der Waals surface area contributed by atoms with Gasteiger partial charge in [-0.15, -0.1) is 0 Å². The van der Waals surface area contributed by atoms with Gasteiger partial charge in [0.25, 0.3) is 5.91 Å². The second-order valence-corrected chi connectivity index (χ2v) is 9.40. The molecule has 220 valence electrons. The molecule has 2 amide bonds. The van der Waals surface area contributed by atoms with Crippen LogP contribution in [0, 0.1) is 6.92 Å². The summed E-state index contributed by atoms with van der Waals surface area (Å²) in [4.78, 5) is 32.8. The minimum atomic E-state index is -1.04. The van der Waals surface area contributed by atoms with Gasteiger partial charge in [-0.05, 0) is 37.5 Å². The third-order valence-corrected chi connectivity index (χ3v) is 6.74. The van der Waals surface area contributed by atoms with E-state index in [4.69, 9.17) is 14.2 Å². The van der Waals surface area contributed by atoms with Gasteiger partial charge in [-0.2, -0.15) is 6.92 Å².